The third kappa shape index (κ3) is 4.29. The Balaban J connectivity index is 1.48. The number of aromatic nitrogens is 3. The highest BCUT2D eigenvalue weighted by atomic mass is 32.2. The lowest BCUT2D eigenvalue weighted by Gasteiger charge is -2.09. The van der Waals surface area contributed by atoms with Crippen LogP contribution in [-0.4, -0.2) is 29.9 Å². The van der Waals surface area contributed by atoms with Gasteiger partial charge in [-0.1, -0.05) is 24.3 Å². The van der Waals surface area contributed by atoms with Crippen molar-refractivity contribution in [2.45, 2.75) is 6.54 Å². The summed E-state index contributed by atoms with van der Waals surface area (Å²) in [7, 11) is -3.27. The molecule has 0 aliphatic rings. The van der Waals surface area contributed by atoms with E-state index in [4.69, 9.17) is 0 Å². The van der Waals surface area contributed by atoms with Crippen LogP contribution in [0.2, 0.25) is 0 Å². The maximum atomic E-state index is 11.3. The first kappa shape index (κ1) is 18.0. The first-order valence-corrected chi connectivity index (χ1v) is 10.5. The molecule has 28 heavy (non-hydrogen) atoms. The average Bonchev–Trinajstić information content (AvgIpc) is 3.20. The van der Waals surface area contributed by atoms with E-state index in [-0.39, 0.29) is 0 Å². The summed E-state index contributed by atoms with van der Waals surface area (Å²) in [4.78, 5) is 4.46. The Bertz CT molecular complexity index is 1200. The number of sulfonamides is 1. The quantitative estimate of drug-likeness (QED) is 0.465. The summed E-state index contributed by atoms with van der Waals surface area (Å²) in [6.45, 7) is 0.582. The number of anilines is 2. The fraction of sp³-hybridized carbons (Fsp3) is 0.100. The van der Waals surface area contributed by atoms with E-state index >= 15 is 0 Å². The first-order valence-electron chi connectivity index (χ1n) is 8.66. The van der Waals surface area contributed by atoms with Gasteiger partial charge in [-0.15, -0.1) is 0 Å². The number of nitrogens with zero attached hydrogens (tertiary/aromatic N) is 2. The van der Waals surface area contributed by atoms with E-state index in [2.05, 4.69) is 31.3 Å². The molecule has 0 bridgehead atoms. The second-order valence-corrected chi connectivity index (χ2v) is 8.29. The highest BCUT2D eigenvalue weighted by Crippen LogP contribution is 2.25. The third-order valence-electron chi connectivity index (χ3n) is 4.28. The molecule has 0 aliphatic carbocycles. The maximum absolute atomic E-state index is 11.3. The number of hydrogen-bond donors (Lipinski definition) is 3. The predicted molar refractivity (Wildman–Crippen MR) is 112 cm³/mol. The van der Waals surface area contributed by atoms with Crippen LogP contribution in [0.4, 0.5) is 11.5 Å². The van der Waals surface area contributed by atoms with Crippen LogP contribution < -0.4 is 10.0 Å². The molecule has 2 aromatic carbocycles. The molecular weight excluding hydrogens is 374 g/mol. The molecule has 0 saturated heterocycles. The van der Waals surface area contributed by atoms with Gasteiger partial charge < -0.3 is 5.32 Å². The largest absolute Gasteiger partial charge is 0.366 e. The second-order valence-electron chi connectivity index (χ2n) is 6.54. The van der Waals surface area contributed by atoms with Gasteiger partial charge >= 0.3 is 0 Å². The zero-order chi connectivity index (χ0) is 19.6. The van der Waals surface area contributed by atoms with Crippen LogP contribution in [0.3, 0.4) is 0 Å². The van der Waals surface area contributed by atoms with Crippen molar-refractivity contribution in [2.24, 2.45) is 0 Å². The molecule has 0 spiro atoms. The van der Waals surface area contributed by atoms with E-state index in [0.717, 1.165) is 39.5 Å². The molecule has 142 valence electrons. The summed E-state index contributed by atoms with van der Waals surface area (Å²) in [5, 5.41) is 12.3. The summed E-state index contributed by atoms with van der Waals surface area (Å²) in [6, 6.07) is 15.4. The molecule has 4 rings (SSSR count). The van der Waals surface area contributed by atoms with Crippen molar-refractivity contribution in [1.29, 1.82) is 0 Å². The normalized spacial score (nSPS) is 11.5. The van der Waals surface area contributed by atoms with Crippen LogP contribution >= 0.6 is 0 Å². The minimum atomic E-state index is -3.27. The Morgan fingerprint density at radius 2 is 1.79 bits per heavy atom. The second kappa shape index (κ2) is 7.32. The van der Waals surface area contributed by atoms with Crippen molar-refractivity contribution in [2.75, 3.05) is 16.3 Å². The van der Waals surface area contributed by atoms with Gasteiger partial charge in [0.2, 0.25) is 10.0 Å². The molecule has 3 N–H and O–H groups in total. The van der Waals surface area contributed by atoms with Crippen molar-refractivity contribution >= 4 is 32.3 Å². The monoisotopic (exact) mass is 393 g/mol. The average molecular weight is 393 g/mol. The van der Waals surface area contributed by atoms with E-state index in [1.807, 2.05) is 42.7 Å². The van der Waals surface area contributed by atoms with E-state index in [9.17, 15) is 8.42 Å². The van der Waals surface area contributed by atoms with Crippen molar-refractivity contribution in [3.05, 3.63) is 72.7 Å². The molecule has 0 saturated carbocycles. The molecule has 8 heteroatoms. The van der Waals surface area contributed by atoms with Crippen LogP contribution in [0, 0.1) is 0 Å². The zero-order valence-electron chi connectivity index (χ0n) is 15.2. The number of H-pyrrole nitrogens is 1. The van der Waals surface area contributed by atoms with E-state index in [1.165, 1.54) is 0 Å². The molecule has 0 unspecified atom stereocenters. The number of aromatic amines is 1. The minimum Gasteiger partial charge on any atom is -0.366 e. The topological polar surface area (TPSA) is 99.8 Å². The molecule has 7 nitrogen and oxygen atoms in total. The molecule has 0 radical (unpaired) electrons. The van der Waals surface area contributed by atoms with Gasteiger partial charge in [0.25, 0.3) is 0 Å². The van der Waals surface area contributed by atoms with Crippen LogP contribution in [0.1, 0.15) is 5.56 Å². The molecular formula is C20H19N5O2S. The lowest BCUT2D eigenvalue weighted by Crippen LogP contribution is -2.09. The number of fused-ring (bicyclic) bond motifs is 1. The van der Waals surface area contributed by atoms with E-state index < -0.39 is 10.0 Å². The van der Waals surface area contributed by atoms with Gasteiger partial charge in [-0.25, -0.2) is 13.4 Å². The van der Waals surface area contributed by atoms with Gasteiger partial charge in [0.15, 0.2) is 0 Å². The molecule has 0 aliphatic heterocycles. The number of nitrogens with one attached hydrogen (secondary N) is 3. The summed E-state index contributed by atoms with van der Waals surface area (Å²) in [6.07, 6.45) is 6.63. The van der Waals surface area contributed by atoms with Crippen molar-refractivity contribution < 1.29 is 8.42 Å². The molecule has 0 fully saturated rings. The van der Waals surface area contributed by atoms with Crippen molar-refractivity contribution in [1.82, 2.24) is 15.2 Å². The summed E-state index contributed by atoms with van der Waals surface area (Å²) >= 11 is 0. The van der Waals surface area contributed by atoms with Crippen LogP contribution in [0.15, 0.2) is 67.1 Å². The summed E-state index contributed by atoms with van der Waals surface area (Å²) < 4.78 is 25.0. The van der Waals surface area contributed by atoms with Gasteiger partial charge in [-0.3, -0.25) is 9.82 Å². The highest BCUT2D eigenvalue weighted by Gasteiger charge is 2.04. The Morgan fingerprint density at radius 1 is 0.964 bits per heavy atom. The van der Waals surface area contributed by atoms with E-state index in [1.54, 1.807) is 18.3 Å². The van der Waals surface area contributed by atoms with Gasteiger partial charge in [-0.05, 0) is 40.8 Å². The summed E-state index contributed by atoms with van der Waals surface area (Å²) in [5.74, 6) is 0.773. The standard InChI is InChI=1S/C20H19N5O2S/c1-28(26,27)25-19-6-2-14(3-7-19)10-21-20-9-17-8-15(18-12-23-24-13-18)4-5-16(17)11-22-20/h2-9,11-13,25H,10H2,1H3,(H,21,22)(H,23,24). The van der Waals surface area contributed by atoms with Crippen molar-refractivity contribution in [3.8, 4) is 11.1 Å². The Kier molecular flexibility index (Phi) is 4.70. The van der Waals surface area contributed by atoms with Gasteiger partial charge in [0.1, 0.15) is 5.82 Å². The first-order chi connectivity index (χ1) is 13.5. The molecule has 2 aromatic heterocycles. The minimum absolute atomic E-state index is 0.543. The lowest BCUT2D eigenvalue weighted by molar-refractivity contribution is 0.607. The number of benzene rings is 2. The van der Waals surface area contributed by atoms with Crippen molar-refractivity contribution in [3.63, 3.8) is 0 Å². The lowest BCUT2D eigenvalue weighted by atomic mass is 10.1. The van der Waals surface area contributed by atoms with Gasteiger partial charge in [0.05, 0.1) is 12.5 Å². The maximum Gasteiger partial charge on any atom is 0.229 e. The number of pyridine rings is 1. The Labute approximate surface area is 162 Å². The molecule has 4 aromatic rings. The van der Waals surface area contributed by atoms with Crippen LogP contribution in [-0.2, 0) is 16.6 Å². The van der Waals surface area contributed by atoms with E-state index in [0.29, 0.717) is 12.2 Å². The Hall–Kier alpha value is -3.39. The predicted octanol–water partition coefficient (Wildman–Crippen LogP) is 3.61. The molecule has 2 heterocycles. The van der Waals surface area contributed by atoms with Crippen LogP contribution in [0.25, 0.3) is 21.9 Å². The number of hydrogen-bond acceptors (Lipinski definition) is 5. The Morgan fingerprint density at radius 3 is 2.50 bits per heavy atom. The SMILES string of the molecule is CS(=O)(=O)Nc1ccc(CNc2cc3cc(-c4cn[nH]c4)ccc3cn2)cc1. The zero-order valence-corrected chi connectivity index (χ0v) is 16.0. The van der Waals surface area contributed by atoms with Gasteiger partial charge in [0, 0.05) is 35.6 Å². The molecule has 0 amide bonds. The van der Waals surface area contributed by atoms with Gasteiger partial charge in [-0.2, -0.15) is 5.10 Å². The smallest absolute Gasteiger partial charge is 0.229 e. The fourth-order valence-electron chi connectivity index (χ4n) is 2.92. The number of rotatable bonds is 6. The highest BCUT2D eigenvalue weighted by molar-refractivity contribution is 7.92. The summed E-state index contributed by atoms with van der Waals surface area (Å²) in [5.41, 5.74) is 3.69. The molecule has 0 atom stereocenters. The third-order valence-corrected chi connectivity index (χ3v) is 4.89. The van der Waals surface area contributed by atoms with Crippen LogP contribution in [0.5, 0.6) is 0 Å². The fourth-order valence-corrected chi connectivity index (χ4v) is 3.49.